The summed E-state index contributed by atoms with van der Waals surface area (Å²) >= 11 is 4.88. The largest absolute Gasteiger partial charge is 0.388 e. The molecule has 92 valence electrons. The molecule has 1 heterocycles. The molecule has 0 saturated carbocycles. The molecule has 0 spiro atoms. The van der Waals surface area contributed by atoms with Gasteiger partial charge in [0.15, 0.2) is 0 Å². The zero-order valence-corrected chi connectivity index (χ0v) is 10.8. The monoisotopic (exact) mass is 252 g/mol. The highest BCUT2D eigenvalue weighted by Gasteiger charge is 2.09. The Labute approximate surface area is 106 Å². The van der Waals surface area contributed by atoms with Crippen molar-refractivity contribution in [2.24, 2.45) is 5.73 Å². The molecule has 0 unspecified atom stereocenters. The van der Waals surface area contributed by atoms with Gasteiger partial charge in [-0.05, 0) is 19.1 Å². The van der Waals surface area contributed by atoms with E-state index in [1.54, 1.807) is 30.3 Å². The summed E-state index contributed by atoms with van der Waals surface area (Å²) in [5.74, 6) is 0.00485. The summed E-state index contributed by atoms with van der Waals surface area (Å²) in [7, 11) is 1.75. The van der Waals surface area contributed by atoms with Gasteiger partial charge in [-0.1, -0.05) is 12.2 Å². The van der Waals surface area contributed by atoms with Crippen molar-refractivity contribution in [2.45, 2.75) is 6.92 Å². The fourth-order valence-corrected chi connectivity index (χ4v) is 1.39. The third kappa shape index (κ3) is 3.67. The minimum atomic E-state index is 0.00485. The molecule has 0 aliphatic rings. The average molecular weight is 252 g/mol. The standard InChI is InChI=1S/C11H16N4OS/c1-3-15(2)9(16)7-14-8-5-4-6-13-10(8)11(12)17/h4-6,14H,3,7H2,1-2H3,(H2,12,17). The Morgan fingerprint density at radius 1 is 1.65 bits per heavy atom. The number of carbonyl (C=O) groups is 1. The second kappa shape index (κ2) is 6.15. The molecule has 0 bridgehead atoms. The number of nitrogens with one attached hydrogen (secondary N) is 1. The summed E-state index contributed by atoms with van der Waals surface area (Å²) in [5.41, 5.74) is 6.73. The molecule has 0 aliphatic carbocycles. The predicted molar refractivity (Wildman–Crippen MR) is 71.9 cm³/mol. The first kappa shape index (κ1) is 13.4. The van der Waals surface area contributed by atoms with Crippen LogP contribution in [0.3, 0.4) is 0 Å². The highest BCUT2D eigenvalue weighted by molar-refractivity contribution is 7.80. The van der Waals surface area contributed by atoms with E-state index in [-0.39, 0.29) is 17.4 Å². The number of rotatable bonds is 5. The number of aromatic nitrogens is 1. The Morgan fingerprint density at radius 3 is 2.94 bits per heavy atom. The van der Waals surface area contributed by atoms with Crippen LogP contribution in [0.1, 0.15) is 12.6 Å². The Balaban J connectivity index is 2.69. The molecule has 6 heteroatoms. The van der Waals surface area contributed by atoms with E-state index in [1.165, 1.54) is 0 Å². The topological polar surface area (TPSA) is 71.2 Å². The third-order valence-corrected chi connectivity index (χ3v) is 2.56. The van der Waals surface area contributed by atoms with Crippen molar-refractivity contribution < 1.29 is 4.79 Å². The van der Waals surface area contributed by atoms with Gasteiger partial charge in [-0.2, -0.15) is 0 Å². The second-order valence-corrected chi connectivity index (χ2v) is 3.97. The number of nitrogens with two attached hydrogens (primary N) is 1. The first-order chi connectivity index (χ1) is 8.06. The maximum absolute atomic E-state index is 11.6. The summed E-state index contributed by atoms with van der Waals surface area (Å²) < 4.78 is 0. The van der Waals surface area contributed by atoms with Crippen LogP contribution in [0.15, 0.2) is 18.3 Å². The maximum atomic E-state index is 11.6. The van der Waals surface area contributed by atoms with Gasteiger partial charge < -0.3 is 16.0 Å². The normalized spacial score (nSPS) is 9.76. The van der Waals surface area contributed by atoms with Gasteiger partial charge in [0, 0.05) is 19.8 Å². The van der Waals surface area contributed by atoms with E-state index < -0.39 is 0 Å². The first-order valence-electron chi connectivity index (χ1n) is 5.29. The molecule has 0 aromatic carbocycles. The van der Waals surface area contributed by atoms with Gasteiger partial charge in [-0.25, -0.2) is 0 Å². The highest BCUT2D eigenvalue weighted by atomic mass is 32.1. The summed E-state index contributed by atoms with van der Waals surface area (Å²) in [5, 5.41) is 2.99. The lowest BCUT2D eigenvalue weighted by Gasteiger charge is -2.16. The summed E-state index contributed by atoms with van der Waals surface area (Å²) in [4.78, 5) is 17.5. The van der Waals surface area contributed by atoms with Gasteiger partial charge in [0.1, 0.15) is 10.7 Å². The first-order valence-corrected chi connectivity index (χ1v) is 5.69. The van der Waals surface area contributed by atoms with Crippen molar-refractivity contribution in [1.29, 1.82) is 0 Å². The molecular formula is C11H16N4OS. The molecule has 0 radical (unpaired) electrons. The van der Waals surface area contributed by atoms with Crippen molar-refractivity contribution in [2.75, 3.05) is 25.5 Å². The van der Waals surface area contributed by atoms with E-state index in [2.05, 4.69) is 10.3 Å². The number of hydrogen-bond acceptors (Lipinski definition) is 4. The van der Waals surface area contributed by atoms with Crippen LogP contribution < -0.4 is 11.1 Å². The van der Waals surface area contributed by atoms with Crippen LogP contribution in [-0.2, 0) is 4.79 Å². The van der Waals surface area contributed by atoms with Crippen LogP contribution in [0, 0.1) is 0 Å². The van der Waals surface area contributed by atoms with Crippen molar-refractivity contribution in [3.63, 3.8) is 0 Å². The summed E-state index contributed by atoms with van der Waals surface area (Å²) in [6, 6.07) is 3.55. The number of carbonyl (C=O) groups excluding carboxylic acids is 1. The average Bonchev–Trinajstić information content (AvgIpc) is 2.35. The van der Waals surface area contributed by atoms with Gasteiger partial charge >= 0.3 is 0 Å². The molecule has 3 N–H and O–H groups in total. The molecule has 1 aromatic rings. The number of nitrogens with zero attached hydrogens (tertiary/aromatic N) is 2. The number of pyridine rings is 1. The van der Waals surface area contributed by atoms with Crippen molar-refractivity contribution in [3.05, 3.63) is 24.0 Å². The molecule has 1 rings (SSSR count). The van der Waals surface area contributed by atoms with Crippen LogP contribution in [0.4, 0.5) is 5.69 Å². The van der Waals surface area contributed by atoms with E-state index in [4.69, 9.17) is 18.0 Å². The lowest BCUT2D eigenvalue weighted by Crippen LogP contribution is -2.32. The lowest BCUT2D eigenvalue weighted by molar-refractivity contribution is -0.127. The van der Waals surface area contributed by atoms with E-state index in [0.29, 0.717) is 17.9 Å². The quantitative estimate of drug-likeness (QED) is 0.751. The number of likely N-dealkylation sites (N-methyl/N-ethyl adjacent to an activating group) is 1. The maximum Gasteiger partial charge on any atom is 0.241 e. The SMILES string of the molecule is CCN(C)C(=O)CNc1cccnc1C(N)=S. The van der Waals surface area contributed by atoms with Gasteiger partial charge in [0.25, 0.3) is 0 Å². The van der Waals surface area contributed by atoms with Crippen LogP contribution >= 0.6 is 12.2 Å². The Morgan fingerprint density at radius 2 is 2.35 bits per heavy atom. The fourth-order valence-electron chi connectivity index (χ4n) is 1.23. The van der Waals surface area contributed by atoms with Crippen molar-refractivity contribution in [3.8, 4) is 0 Å². The Hall–Kier alpha value is -1.69. The number of anilines is 1. The van der Waals surface area contributed by atoms with Crippen LogP contribution in [-0.4, -0.2) is 40.9 Å². The predicted octanol–water partition coefficient (Wildman–Crippen LogP) is 0.606. The zero-order chi connectivity index (χ0) is 12.8. The van der Waals surface area contributed by atoms with E-state index in [1.807, 2.05) is 6.92 Å². The molecule has 0 atom stereocenters. The summed E-state index contributed by atoms with van der Waals surface area (Å²) in [6.07, 6.45) is 1.61. The molecule has 0 aliphatic heterocycles. The second-order valence-electron chi connectivity index (χ2n) is 3.53. The van der Waals surface area contributed by atoms with Crippen LogP contribution in [0.25, 0.3) is 0 Å². The van der Waals surface area contributed by atoms with Gasteiger partial charge in [-0.3, -0.25) is 9.78 Å². The fraction of sp³-hybridized carbons (Fsp3) is 0.364. The van der Waals surface area contributed by atoms with Gasteiger partial charge in [0.2, 0.25) is 5.91 Å². The number of hydrogen-bond donors (Lipinski definition) is 2. The van der Waals surface area contributed by atoms with Gasteiger partial charge in [0.05, 0.1) is 12.2 Å². The van der Waals surface area contributed by atoms with Crippen LogP contribution in [0.5, 0.6) is 0 Å². The minimum Gasteiger partial charge on any atom is -0.388 e. The van der Waals surface area contributed by atoms with Crippen LogP contribution in [0.2, 0.25) is 0 Å². The molecular weight excluding hydrogens is 236 g/mol. The molecule has 1 amide bonds. The minimum absolute atomic E-state index is 0.00485. The summed E-state index contributed by atoms with van der Waals surface area (Å²) in [6.45, 7) is 2.80. The van der Waals surface area contributed by atoms with Crippen molar-refractivity contribution >= 4 is 28.8 Å². The number of amides is 1. The molecule has 17 heavy (non-hydrogen) atoms. The Bertz CT molecular complexity index is 422. The molecule has 1 aromatic heterocycles. The lowest BCUT2D eigenvalue weighted by atomic mass is 10.3. The zero-order valence-electron chi connectivity index (χ0n) is 9.93. The third-order valence-electron chi connectivity index (χ3n) is 2.37. The van der Waals surface area contributed by atoms with E-state index in [9.17, 15) is 4.79 Å². The molecule has 0 fully saturated rings. The molecule has 5 nitrogen and oxygen atoms in total. The van der Waals surface area contributed by atoms with E-state index in [0.717, 1.165) is 0 Å². The smallest absolute Gasteiger partial charge is 0.241 e. The Kier molecular flexibility index (Phi) is 4.84. The number of thiocarbonyl (C=S) groups is 1. The van der Waals surface area contributed by atoms with Gasteiger partial charge in [-0.15, -0.1) is 0 Å². The van der Waals surface area contributed by atoms with E-state index >= 15 is 0 Å². The highest BCUT2D eigenvalue weighted by Crippen LogP contribution is 2.11. The van der Waals surface area contributed by atoms with Crippen molar-refractivity contribution in [1.82, 2.24) is 9.88 Å². The molecule has 0 saturated heterocycles.